The average molecular weight is 289 g/mol. The summed E-state index contributed by atoms with van der Waals surface area (Å²) in [5, 5.41) is 0.263. The van der Waals surface area contributed by atoms with Gasteiger partial charge in [0.1, 0.15) is 4.90 Å². The van der Waals surface area contributed by atoms with E-state index in [1.54, 1.807) is 24.3 Å². The molecule has 6 heteroatoms. The van der Waals surface area contributed by atoms with E-state index in [0.29, 0.717) is 13.1 Å². The van der Waals surface area contributed by atoms with Crippen LogP contribution in [0.1, 0.15) is 19.3 Å². The van der Waals surface area contributed by atoms with Crippen LogP contribution in [0, 0.1) is 0 Å². The quantitative estimate of drug-likeness (QED) is 0.923. The van der Waals surface area contributed by atoms with Gasteiger partial charge in [0.15, 0.2) is 0 Å². The van der Waals surface area contributed by atoms with Gasteiger partial charge in [-0.15, -0.1) is 0 Å². The van der Waals surface area contributed by atoms with Crippen LogP contribution in [0.2, 0.25) is 5.02 Å². The fraction of sp³-hybridized carbons (Fsp3) is 0.500. The molecule has 0 spiro atoms. The van der Waals surface area contributed by atoms with E-state index in [1.165, 1.54) is 4.31 Å². The number of benzene rings is 1. The molecule has 1 aromatic carbocycles. The molecule has 1 heterocycles. The van der Waals surface area contributed by atoms with Gasteiger partial charge in [-0.2, -0.15) is 4.31 Å². The molecule has 1 aliphatic heterocycles. The van der Waals surface area contributed by atoms with Gasteiger partial charge in [-0.3, -0.25) is 0 Å². The average Bonchev–Trinajstić information content (AvgIpc) is 2.39. The van der Waals surface area contributed by atoms with Crippen molar-refractivity contribution < 1.29 is 8.42 Å². The maximum Gasteiger partial charge on any atom is 0.244 e. The molecule has 0 bridgehead atoms. The molecule has 1 aliphatic rings. The maximum atomic E-state index is 12.6. The Balaban J connectivity index is 2.39. The van der Waals surface area contributed by atoms with Crippen LogP contribution in [0.4, 0.5) is 0 Å². The van der Waals surface area contributed by atoms with E-state index >= 15 is 0 Å². The summed E-state index contributed by atoms with van der Waals surface area (Å²) in [6.07, 6.45) is 2.72. The maximum absolute atomic E-state index is 12.6. The highest BCUT2D eigenvalue weighted by Gasteiger charge is 2.33. The highest BCUT2D eigenvalue weighted by molar-refractivity contribution is 7.89. The molecule has 100 valence electrons. The summed E-state index contributed by atoms with van der Waals surface area (Å²) >= 11 is 5.98. The van der Waals surface area contributed by atoms with E-state index in [4.69, 9.17) is 17.3 Å². The largest absolute Gasteiger partial charge is 0.329 e. The van der Waals surface area contributed by atoms with Crippen molar-refractivity contribution in [1.82, 2.24) is 4.31 Å². The second-order valence-corrected chi connectivity index (χ2v) is 6.70. The number of rotatable bonds is 3. The molecular formula is C12H17ClN2O2S. The van der Waals surface area contributed by atoms with E-state index in [0.717, 1.165) is 19.3 Å². The molecule has 1 saturated heterocycles. The van der Waals surface area contributed by atoms with Crippen molar-refractivity contribution in [2.24, 2.45) is 5.73 Å². The summed E-state index contributed by atoms with van der Waals surface area (Å²) in [4.78, 5) is 0.173. The lowest BCUT2D eigenvalue weighted by Crippen LogP contribution is -2.47. The molecular weight excluding hydrogens is 272 g/mol. The number of hydrogen-bond acceptors (Lipinski definition) is 3. The Morgan fingerprint density at radius 3 is 2.72 bits per heavy atom. The first-order valence-electron chi connectivity index (χ1n) is 6.04. The lowest BCUT2D eigenvalue weighted by Gasteiger charge is -2.34. The second-order valence-electron chi connectivity index (χ2n) is 4.43. The van der Waals surface area contributed by atoms with E-state index in [-0.39, 0.29) is 16.0 Å². The van der Waals surface area contributed by atoms with Crippen LogP contribution in [0.3, 0.4) is 0 Å². The number of nitrogens with zero attached hydrogens (tertiary/aromatic N) is 1. The van der Waals surface area contributed by atoms with Crippen LogP contribution in [-0.2, 0) is 10.0 Å². The van der Waals surface area contributed by atoms with Crippen LogP contribution >= 0.6 is 11.6 Å². The third kappa shape index (κ3) is 2.54. The Morgan fingerprint density at radius 2 is 2.06 bits per heavy atom. The minimum absolute atomic E-state index is 0.111. The van der Waals surface area contributed by atoms with Gasteiger partial charge in [0.25, 0.3) is 0 Å². The first-order chi connectivity index (χ1) is 8.57. The Bertz CT molecular complexity index is 519. The predicted molar refractivity (Wildman–Crippen MR) is 72.0 cm³/mol. The minimum atomic E-state index is -3.53. The summed E-state index contributed by atoms with van der Waals surface area (Å²) in [6.45, 7) is 0.874. The van der Waals surface area contributed by atoms with Crippen molar-refractivity contribution in [1.29, 1.82) is 0 Å². The van der Waals surface area contributed by atoms with Crippen LogP contribution in [0.25, 0.3) is 0 Å². The second kappa shape index (κ2) is 5.57. The van der Waals surface area contributed by atoms with Crippen molar-refractivity contribution in [3.63, 3.8) is 0 Å². The van der Waals surface area contributed by atoms with Crippen LogP contribution in [0.15, 0.2) is 29.2 Å². The molecule has 2 rings (SSSR count). The number of sulfonamides is 1. The summed E-state index contributed by atoms with van der Waals surface area (Å²) in [6, 6.07) is 6.42. The molecule has 2 N–H and O–H groups in total. The zero-order valence-electron chi connectivity index (χ0n) is 10.0. The molecule has 1 fully saturated rings. The standard InChI is InChI=1S/C12H17ClN2O2S/c13-11-6-1-2-7-12(11)18(16,17)15-8-4-3-5-10(15)9-14/h1-2,6-7,10H,3-5,8-9,14H2/t10-/m0/s1. The van der Waals surface area contributed by atoms with Crippen LogP contribution in [-0.4, -0.2) is 31.9 Å². The molecule has 0 unspecified atom stereocenters. The van der Waals surface area contributed by atoms with Crippen molar-refractivity contribution in [2.75, 3.05) is 13.1 Å². The SMILES string of the molecule is NC[C@@H]1CCCCN1S(=O)(=O)c1ccccc1Cl. The number of halogens is 1. The zero-order chi connectivity index (χ0) is 13.2. The van der Waals surface area contributed by atoms with Gasteiger partial charge in [-0.25, -0.2) is 8.42 Å². The molecule has 0 saturated carbocycles. The van der Waals surface area contributed by atoms with Gasteiger partial charge in [0, 0.05) is 19.1 Å². The third-order valence-electron chi connectivity index (χ3n) is 3.27. The predicted octanol–water partition coefficient (Wildman–Crippen LogP) is 1.84. The van der Waals surface area contributed by atoms with E-state index in [9.17, 15) is 8.42 Å². The summed E-state index contributed by atoms with van der Waals surface area (Å²) in [7, 11) is -3.53. The van der Waals surface area contributed by atoms with Crippen LogP contribution in [0.5, 0.6) is 0 Å². The smallest absolute Gasteiger partial charge is 0.244 e. The molecule has 4 nitrogen and oxygen atoms in total. The zero-order valence-corrected chi connectivity index (χ0v) is 11.6. The Labute approximate surface area is 113 Å². The van der Waals surface area contributed by atoms with Crippen molar-refractivity contribution in [3.8, 4) is 0 Å². The molecule has 1 aromatic rings. The third-order valence-corrected chi connectivity index (χ3v) is 5.72. The van der Waals surface area contributed by atoms with E-state index in [2.05, 4.69) is 0 Å². The van der Waals surface area contributed by atoms with E-state index < -0.39 is 10.0 Å². The molecule has 18 heavy (non-hydrogen) atoms. The first kappa shape index (κ1) is 13.8. The summed E-state index contributed by atoms with van der Waals surface area (Å²) in [5.74, 6) is 0. The highest BCUT2D eigenvalue weighted by Crippen LogP contribution is 2.28. The van der Waals surface area contributed by atoms with Gasteiger partial charge in [0.2, 0.25) is 10.0 Å². The van der Waals surface area contributed by atoms with Gasteiger partial charge in [-0.05, 0) is 25.0 Å². The molecule has 0 radical (unpaired) electrons. The Morgan fingerprint density at radius 1 is 1.33 bits per heavy atom. The Hall–Kier alpha value is -0.620. The lowest BCUT2D eigenvalue weighted by molar-refractivity contribution is 0.257. The summed E-state index contributed by atoms with van der Waals surface area (Å²) < 4.78 is 26.6. The Kier molecular flexibility index (Phi) is 4.27. The summed E-state index contributed by atoms with van der Waals surface area (Å²) in [5.41, 5.74) is 5.67. The number of nitrogens with two attached hydrogens (primary N) is 1. The number of hydrogen-bond donors (Lipinski definition) is 1. The fourth-order valence-electron chi connectivity index (χ4n) is 2.31. The van der Waals surface area contributed by atoms with Gasteiger partial charge >= 0.3 is 0 Å². The lowest BCUT2D eigenvalue weighted by atomic mass is 10.1. The van der Waals surface area contributed by atoms with Gasteiger partial charge in [-0.1, -0.05) is 30.2 Å². The molecule has 0 amide bonds. The monoisotopic (exact) mass is 288 g/mol. The fourth-order valence-corrected chi connectivity index (χ4v) is 4.51. The van der Waals surface area contributed by atoms with E-state index in [1.807, 2.05) is 0 Å². The van der Waals surface area contributed by atoms with Gasteiger partial charge in [0.05, 0.1) is 5.02 Å². The highest BCUT2D eigenvalue weighted by atomic mass is 35.5. The molecule has 1 atom stereocenters. The van der Waals surface area contributed by atoms with Gasteiger partial charge < -0.3 is 5.73 Å². The van der Waals surface area contributed by atoms with Crippen LogP contribution < -0.4 is 5.73 Å². The van der Waals surface area contributed by atoms with Crippen molar-refractivity contribution in [2.45, 2.75) is 30.2 Å². The van der Waals surface area contributed by atoms with Crippen molar-refractivity contribution in [3.05, 3.63) is 29.3 Å². The minimum Gasteiger partial charge on any atom is -0.329 e. The van der Waals surface area contributed by atoms with Crippen molar-refractivity contribution >= 4 is 21.6 Å². The topological polar surface area (TPSA) is 63.4 Å². The normalized spacial score (nSPS) is 22.0. The molecule has 0 aliphatic carbocycles. The molecule has 0 aromatic heterocycles. The first-order valence-corrected chi connectivity index (χ1v) is 7.85. The number of piperidine rings is 1.